The van der Waals surface area contributed by atoms with Gasteiger partial charge in [-0.05, 0) is 54.1 Å². The number of para-hydroxylation sites is 2. The maximum atomic E-state index is 13.0. The number of hydrogen-bond donors (Lipinski definition) is 2. The lowest BCUT2D eigenvalue weighted by molar-refractivity contribution is -0.516. The predicted octanol–water partition coefficient (Wildman–Crippen LogP) is 2.81. The minimum atomic E-state index is -0.752. The highest BCUT2D eigenvalue weighted by atomic mass is 16.5. The SMILES string of the molecule is CCOC(=O)C(C(=O)Nc1ccccc1)=[n+]1ccc(=C2C=CN(C(=C=[N-])C(=O)Nc3ccccc3)C=C2)cc1. The molecule has 9 heteroatoms. The molecular weight excluding hydrogens is 494 g/mol. The zero-order valence-corrected chi connectivity index (χ0v) is 21.1. The van der Waals surface area contributed by atoms with Crippen molar-refractivity contribution in [2.24, 2.45) is 0 Å². The van der Waals surface area contributed by atoms with Gasteiger partial charge in [0.25, 0.3) is 5.91 Å². The van der Waals surface area contributed by atoms with E-state index < -0.39 is 17.8 Å². The van der Waals surface area contributed by atoms with Crippen molar-refractivity contribution in [1.82, 2.24) is 4.90 Å². The number of amides is 2. The summed E-state index contributed by atoms with van der Waals surface area (Å²) in [5.41, 5.74) is 1.66. The number of anilines is 2. The van der Waals surface area contributed by atoms with Crippen molar-refractivity contribution in [3.63, 3.8) is 0 Å². The number of allylic oxidation sites excluding steroid dienone is 2. The first-order valence-electron chi connectivity index (χ1n) is 12.1. The smallest absolute Gasteiger partial charge is 0.410 e. The molecule has 39 heavy (non-hydrogen) atoms. The highest BCUT2D eigenvalue weighted by Crippen LogP contribution is 2.15. The van der Waals surface area contributed by atoms with Crippen molar-refractivity contribution in [3.8, 4) is 0 Å². The van der Waals surface area contributed by atoms with Gasteiger partial charge in [0.05, 0.1) is 6.61 Å². The van der Waals surface area contributed by atoms with Crippen LogP contribution in [-0.2, 0) is 19.1 Å². The van der Waals surface area contributed by atoms with Crippen molar-refractivity contribution < 1.29 is 23.4 Å². The maximum absolute atomic E-state index is 13.0. The average Bonchev–Trinajstić information content (AvgIpc) is 2.96. The topological polar surface area (TPSA) is 116 Å². The highest BCUT2D eigenvalue weighted by Gasteiger charge is 2.30. The predicted molar refractivity (Wildman–Crippen MR) is 147 cm³/mol. The molecule has 9 nitrogen and oxygen atoms in total. The molecule has 0 spiro atoms. The molecule has 0 bridgehead atoms. The molecule has 1 aliphatic rings. The summed E-state index contributed by atoms with van der Waals surface area (Å²) in [6.45, 7) is 1.79. The Morgan fingerprint density at radius 2 is 1.38 bits per heavy atom. The summed E-state index contributed by atoms with van der Waals surface area (Å²) >= 11 is 0. The third-order valence-electron chi connectivity index (χ3n) is 5.58. The second-order valence-corrected chi connectivity index (χ2v) is 8.16. The summed E-state index contributed by atoms with van der Waals surface area (Å²) in [7, 11) is 0. The van der Waals surface area contributed by atoms with E-state index in [0.29, 0.717) is 11.4 Å². The summed E-state index contributed by atoms with van der Waals surface area (Å²) in [5.74, 6) is 0.0594. The van der Waals surface area contributed by atoms with E-state index in [1.807, 2.05) is 18.0 Å². The fourth-order valence-electron chi connectivity index (χ4n) is 3.70. The molecule has 1 aromatic heterocycles. The molecule has 0 radical (unpaired) electrons. The molecule has 0 atom stereocenters. The molecule has 1 aliphatic heterocycles. The monoisotopic (exact) mass is 519 g/mol. The Hall–Kier alpha value is -5.53. The van der Waals surface area contributed by atoms with Crippen molar-refractivity contribution in [1.29, 1.82) is 0 Å². The minimum absolute atomic E-state index is 0.0885. The van der Waals surface area contributed by atoms with Crippen molar-refractivity contribution in [2.75, 3.05) is 17.2 Å². The molecular formula is C30H25N5O4. The Bertz CT molecular complexity index is 1580. The first kappa shape index (κ1) is 26.5. The Kier molecular flexibility index (Phi) is 8.59. The summed E-state index contributed by atoms with van der Waals surface area (Å²) in [6.07, 6.45) is 9.92. The number of nitrogens with one attached hydrogen (secondary N) is 2. The Morgan fingerprint density at radius 1 is 0.846 bits per heavy atom. The van der Waals surface area contributed by atoms with Gasteiger partial charge in [-0.1, -0.05) is 36.4 Å². The van der Waals surface area contributed by atoms with Gasteiger partial charge in [0, 0.05) is 35.9 Å². The van der Waals surface area contributed by atoms with Crippen LogP contribution < -0.4 is 20.1 Å². The van der Waals surface area contributed by atoms with Crippen LogP contribution in [0.5, 0.6) is 0 Å². The number of esters is 1. The molecule has 0 unspecified atom stereocenters. The van der Waals surface area contributed by atoms with Crippen LogP contribution in [0.25, 0.3) is 11.0 Å². The van der Waals surface area contributed by atoms with Crippen molar-refractivity contribution in [2.45, 2.75) is 6.92 Å². The molecule has 194 valence electrons. The Labute approximate surface area is 224 Å². The van der Waals surface area contributed by atoms with Gasteiger partial charge in [-0.2, -0.15) is 4.24 Å². The number of rotatable bonds is 7. The third kappa shape index (κ3) is 6.62. The lowest BCUT2D eigenvalue weighted by Gasteiger charge is -2.21. The second-order valence-electron chi connectivity index (χ2n) is 8.16. The van der Waals surface area contributed by atoms with Crippen molar-refractivity contribution >= 4 is 40.6 Å². The van der Waals surface area contributed by atoms with Crippen LogP contribution >= 0.6 is 0 Å². The van der Waals surface area contributed by atoms with Gasteiger partial charge >= 0.3 is 17.6 Å². The lowest BCUT2D eigenvalue weighted by atomic mass is 10.1. The van der Waals surface area contributed by atoms with Crippen LogP contribution in [0.3, 0.4) is 0 Å². The minimum Gasteiger partial charge on any atom is -0.761 e. The standard InChI is InChI=1S/C30H25N5O4/c1-2-39-30(38)27(29(37)33-25-11-7-4-8-12-25)35-19-15-23(16-20-35)22-13-17-34(18-14-22)26(21-31)28(36)32-24-9-5-3-6-10-24/h3-20H,2H2,1H3,(H,32,36)(H,33,37). The molecule has 0 saturated carbocycles. The zero-order chi connectivity index (χ0) is 27.6. The van der Waals surface area contributed by atoms with E-state index in [1.165, 1.54) is 9.14 Å². The van der Waals surface area contributed by atoms with E-state index >= 15 is 0 Å². The highest BCUT2D eigenvalue weighted by molar-refractivity contribution is 6.13. The van der Waals surface area contributed by atoms with E-state index in [0.717, 1.165) is 10.8 Å². The summed E-state index contributed by atoms with van der Waals surface area (Å²) in [4.78, 5) is 39.6. The van der Waals surface area contributed by atoms with E-state index in [2.05, 4.69) is 10.6 Å². The quantitative estimate of drug-likeness (QED) is 0.164. The van der Waals surface area contributed by atoms with E-state index in [-0.39, 0.29) is 18.0 Å². The molecule has 0 fully saturated rings. The molecule has 2 aromatic carbocycles. The van der Waals surface area contributed by atoms with Gasteiger partial charge in [0.2, 0.25) is 0 Å². The number of hydrogen-bond acceptors (Lipinski definition) is 5. The molecule has 2 heterocycles. The van der Waals surface area contributed by atoms with E-state index in [4.69, 9.17) is 4.74 Å². The van der Waals surface area contributed by atoms with Crippen LogP contribution in [0.1, 0.15) is 6.92 Å². The molecule has 0 saturated heterocycles. The molecule has 4 rings (SSSR count). The first-order chi connectivity index (χ1) is 19.0. The van der Waals surface area contributed by atoms with Gasteiger partial charge in [0.1, 0.15) is 5.70 Å². The number of carbonyl (C=O) groups excluding carboxylic acids is 3. The third-order valence-corrected chi connectivity index (χ3v) is 5.58. The molecule has 0 aliphatic carbocycles. The van der Waals surface area contributed by atoms with Gasteiger partial charge in [-0.15, -0.1) is 0 Å². The van der Waals surface area contributed by atoms with Crippen LogP contribution in [-0.4, -0.2) is 35.2 Å². The fraction of sp³-hybridized carbons (Fsp3) is 0.0667. The number of carbonyl (C=O) groups is 3. The number of nitrogens with zero attached hydrogens (tertiary/aromatic N) is 3. The number of ether oxygens (including phenoxy) is 1. The zero-order valence-electron chi connectivity index (χ0n) is 21.1. The number of aromatic nitrogens is 1. The van der Waals surface area contributed by atoms with Crippen molar-refractivity contribution in [3.05, 3.63) is 132 Å². The Balaban J connectivity index is 1.58. The van der Waals surface area contributed by atoms with Gasteiger partial charge in [-0.3, -0.25) is 9.59 Å². The average molecular weight is 520 g/mol. The number of pyridine rings is 1. The van der Waals surface area contributed by atoms with E-state index in [9.17, 15) is 19.8 Å². The lowest BCUT2D eigenvalue weighted by Crippen LogP contribution is -2.37. The van der Waals surface area contributed by atoms with Gasteiger partial charge in [0.15, 0.2) is 12.4 Å². The molecule has 3 aromatic rings. The fourth-order valence-corrected chi connectivity index (χ4v) is 3.70. The summed E-state index contributed by atoms with van der Waals surface area (Å²) in [6, 6.07) is 21.2. The van der Waals surface area contributed by atoms with Crippen LogP contribution in [0.2, 0.25) is 0 Å². The molecule has 2 amide bonds. The van der Waals surface area contributed by atoms with E-state index in [1.54, 1.807) is 105 Å². The van der Waals surface area contributed by atoms with Gasteiger partial charge < -0.3 is 25.7 Å². The number of benzene rings is 2. The summed E-state index contributed by atoms with van der Waals surface area (Å²) in [5, 5.41) is 15.8. The van der Waals surface area contributed by atoms with Gasteiger partial charge in [-0.25, -0.2) is 10.7 Å². The van der Waals surface area contributed by atoms with Crippen LogP contribution in [0, 0.1) is 5.71 Å². The summed E-state index contributed by atoms with van der Waals surface area (Å²) < 4.78 is 6.51. The first-order valence-corrected chi connectivity index (χ1v) is 12.1. The molecule has 2 N–H and O–H groups in total. The maximum Gasteiger partial charge on any atom is 0.410 e. The largest absolute Gasteiger partial charge is 0.761 e. The normalized spacial score (nSPS) is 11.8. The van der Waals surface area contributed by atoms with Crippen LogP contribution in [0.4, 0.5) is 11.4 Å². The Morgan fingerprint density at radius 3 is 1.90 bits per heavy atom. The second kappa shape index (κ2) is 12.6. The van der Waals surface area contributed by atoms with Crippen LogP contribution in [0.15, 0.2) is 115 Å².